The maximum atomic E-state index is 11.9. The number of benzene rings is 1. The molecule has 1 aromatic carbocycles. The summed E-state index contributed by atoms with van der Waals surface area (Å²) in [5.74, 6) is -0.890. The van der Waals surface area contributed by atoms with Gasteiger partial charge in [0.05, 0.1) is 13.5 Å². The average molecular weight is 352 g/mol. The highest BCUT2D eigenvalue weighted by molar-refractivity contribution is 9.10. The number of esters is 1. The van der Waals surface area contributed by atoms with Gasteiger partial charge in [0.2, 0.25) is 0 Å². The summed E-state index contributed by atoms with van der Waals surface area (Å²) in [6, 6.07) is 8.77. The van der Waals surface area contributed by atoms with Crippen LogP contribution in [0.15, 0.2) is 40.5 Å². The van der Waals surface area contributed by atoms with Crippen molar-refractivity contribution >= 4 is 33.5 Å². The molecule has 0 fully saturated rings. The molecular formula is C14H14BrN3O3. The van der Waals surface area contributed by atoms with Crippen LogP contribution in [0.25, 0.3) is 0 Å². The molecule has 0 atom stereocenters. The van der Waals surface area contributed by atoms with Crippen LogP contribution in [0.4, 0.5) is 5.69 Å². The van der Waals surface area contributed by atoms with E-state index >= 15 is 0 Å². The van der Waals surface area contributed by atoms with E-state index in [0.717, 1.165) is 4.47 Å². The van der Waals surface area contributed by atoms with Crippen molar-refractivity contribution in [2.45, 2.75) is 6.42 Å². The second-order valence-electron chi connectivity index (χ2n) is 3.91. The topological polar surface area (TPSA) is 91.2 Å². The number of halogens is 1. The molecule has 21 heavy (non-hydrogen) atoms. The highest BCUT2D eigenvalue weighted by atomic mass is 79.9. The molecule has 0 radical (unpaired) electrons. The van der Waals surface area contributed by atoms with E-state index in [9.17, 15) is 9.59 Å². The smallest absolute Gasteiger partial charge is 0.307 e. The van der Waals surface area contributed by atoms with Crippen LogP contribution in [0.3, 0.4) is 0 Å². The van der Waals surface area contributed by atoms with Crippen molar-refractivity contribution in [3.8, 4) is 6.07 Å². The number of carbonyl (C=O) groups is 2. The fourth-order valence-electron chi connectivity index (χ4n) is 1.33. The number of nitrogens with one attached hydrogen (secondary N) is 2. The van der Waals surface area contributed by atoms with Crippen LogP contribution in [0, 0.1) is 11.3 Å². The van der Waals surface area contributed by atoms with E-state index in [-0.39, 0.29) is 24.5 Å². The van der Waals surface area contributed by atoms with Crippen LogP contribution in [0.5, 0.6) is 0 Å². The van der Waals surface area contributed by atoms with Crippen LogP contribution >= 0.6 is 15.9 Å². The number of nitrogens with zero attached hydrogens (tertiary/aromatic N) is 1. The number of carbonyl (C=O) groups excluding carboxylic acids is 2. The summed E-state index contributed by atoms with van der Waals surface area (Å²) in [7, 11) is 1.30. The molecule has 0 aliphatic carbocycles. The molecule has 0 heterocycles. The molecule has 0 spiro atoms. The second-order valence-corrected chi connectivity index (χ2v) is 4.83. The monoisotopic (exact) mass is 351 g/mol. The number of hydrogen-bond donors (Lipinski definition) is 2. The molecule has 1 rings (SSSR count). The standard InChI is InChI=1S/C14H14BrN3O3/c1-21-13(19)6-7-17-9-10(8-16)14(20)18-12-4-2-11(15)3-5-12/h2-5,9,17H,6-7H2,1H3,(H,18,20)/b10-9-. The molecule has 1 amide bonds. The van der Waals surface area contributed by atoms with E-state index in [4.69, 9.17) is 5.26 Å². The number of nitriles is 1. The highest BCUT2D eigenvalue weighted by Crippen LogP contribution is 2.14. The third-order valence-electron chi connectivity index (χ3n) is 2.41. The number of rotatable bonds is 6. The van der Waals surface area contributed by atoms with Crippen molar-refractivity contribution < 1.29 is 14.3 Å². The van der Waals surface area contributed by atoms with E-state index in [1.54, 1.807) is 30.3 Å². The molecule has 0 aliphatic heterocycles. The van der Waals surface area contributed by atoms with E-state index in [2.05, 4.69) is 31.3 Å². The fraction of sp³-hybridized carbons (Fsp3) is 0.214. The van der Waals surface area contributed by atoms with Crippen molar-refractivity contribution in [2.75, 3.05) is 19.0 Å². The van der Waals surface area contributed by atoms with Crippen molar-refractivity contribution in [2.24, 2.45) is 0 Å². The molecule has 0 unspecified atom stereocenters. The number of hydrogen-bond acceptors (Lipinski definition) is 5. The van der Waals surface area contributed by atoms with E-state index in [0.29, 0.717) is 5.69 Å². The normalized spacial score (nSPS) is 10.4. The van der Waals surface area contributed by atoms with Crippen LogP contribution in [-0.2, 0) is 14.3 Å². The molecular weight excluding hydrogens is 338 g/mol. The predicted molar refractivity (Wildman–Crippen MR) is 81.1 cm³/mol. The minimum atomic E-state index is -0.523. The number of anilines is 1. The van der Waals surface area contributed by atoms with Gasteiger partial charge in [-0.25, -0.2) is 0 Å². The maximum absolute atomic E-state index is 11.9. The van der Waals surface area contributed by atoms with Crippen molar-refractivity contribution in [3.05, 3.63) is 40.5 Å². The Hall–Kier alpha value is -2.33. The second kappa shape index (κ2) is 8.76. The average Bonchev–Trinajstić information content (AvgIpc) is 2.49. The lowest BCUT2D eigenvalue weighted by Crippen LogP contribution is -2.18. The zero-order valence-corrected chi connectivity index (χ0v) is 12.9. The summed E-state index contributed by atoms with van der Waals surface area (Å²) in [6.07, 6.45) is 1.43. The van der Waals surface area contributed by atoms with Gasteiger partial charge in [-0.15, -0.1) is 0 Å². The molecule has 1 aromatic rings. The summed E-state index contributed by atoms with van der Waals surface area (Å²) < 4.78 is 5.36. The Bertz CT molecular complexity index is 576. The molecule has 7 heteroatoms. The fourth-order valence-corrected chi connectivity index (χ4v) is 1.60. The highest BCUT2D eigenvalue weighted by Gasteiger charge is 2.09. The lowest BCUT2D eigenvalue weighted by Gasteiger charge is -2.05. The molecule has 0 saturated carbocycles. The maximum Gasteiger partial charge on any atom is 0.307 e. The first-order chi connectivity index (χ1) is 10.1. The number of ether oxygens (including phenoxy) is 1. The van der Waals surface area contributed by atoms with Gasteiger partial charge >= 0.3 is 5.97 Å². The van der Waals surface area contributed by atoms with Gasteiger partial charge in [0.15, 0.2) is 0 Å². The molecule has 0 aliphatic rings. The summed E-state index contributed by atoms with van der Waals surface area (Å²) in [5, 5.41) is 14.3. The zero-order valence-electron chi connectivity index (χ0n) is 11.4. The molecule has 6 nitrogen and oxygen atoms in total. The van der Waals surface area contributed by atoms with E-state index in [1.807, 2.05) is 0 Å². The third-order valence-corrected chi connectivity index (χ3v) is 2.94. The summed E-state index contributed by atoms with van der Waals surface area (Å²) >= 11 is 3.29. The minimum absolute atomic E-state index is 0.0808. The van der Waals surface area contributed by atoms with Crippen molar-refractivity contribution in [1.82, 2.24) is 5.32 Å². The first-order valence-corrected chi connectivity index (χ1v) is 6.83. The van der Waals surface area contributed by atoms with Gasteiger partial charge in [-0.3, -0.25) is 9.59 Å². The Labute approximate surface area is 130 Å². The lowest BCUT2D eigenvalue weighted by atomic mass is 10.2. The van der Waals surface area contributed by atoms with Gasteiger partial charge < -0.3 is 15.4 Å². The van der Waals surface area contributed by atoms with Gasteiger partial charge in [0.25, 0.3) is 5.91 Å². The van der Waals surface area contributed by atoms with E-state index in [1.165, 1.54) is 13.3 Å². The van der Waals surface area contributed by atoms with Crippen LogP contribution < -0.4 is 10.6 Å². The van der Waals surface area contributed by atoms with Gasteiger partial charge in [-0.1, -0.05) is 15.9 Å². The van der Waals surface area contributed by atoms with Crippen LogP contribution in [-0.4, -0.2) is 25.5 Å². The van der Waals surface area contributed by atoms with Gasteiger partial charge in [0, 0.05) is 22.9 Å². The van der Waals surface area contributed by atoms with Crippen LogP contribution in [0.2, 0.25) is 0 Å². The third kappa shape index (κ3) is 6.10. The summed E-state index contributed by atoms with van der Waals surface area (Å²) in [4.78, 5) is 22.8. The minimum Gasteiger partial charge on any atom is -0.469 e. The summed E-state index contributed by atoms with van der Waals surface area (Å²) in [6.45, 7) is 0.281. The largest absolute Gasteiger partial charge is 0.469 e. The van der Waals surface area contributed by atoms with Crippen LogP contribution in [0.1, 0.15) is 6.42 Å². The Kier molecular flexibility index (Phi) is 6.98. The molecule has 110 valence electrons. The molecule has 0 aromatic heterocycles. The lowest BCUT2D eigenvalue weighted by molar-refractivity contribution is -0.140. The molecule has 0 bridgehead atoms. The quantitative estimate of drug-likeness (QED) is 0.353. The van der Waals surface area contributed by atoms with Gasteiger partial charge in [-0.05, 0) is 24.3 Å². The Morgan fingerprint density at radius 1 is 1.38 bits per heavy atom. The predicted octanol–water partition coefficient (Wildman–Crippen LogP) is 1.95. The summed E-state index contributed by atoms with van der Waals surface area (Å²) in [5.41, 5.74) is 0.502. The molecule has 0 saturated heterocycles. The molecule has 2 N–H and O–H groups in total. The number of amides is 1. The Morgan fingerprint density at radius 2 is 2.05 bits per heavy atom. The Morgan fingerprint density at radius 3 is 2.62 bits per heavy atom. The number of methoxy groups -OCH3 is 1. The zero-order chi connectivity index (χ0) is 15.7. The van der Waals surface area contributed by atoms with Crippen molar-refractivity contribution in [3.63, 3.8) is 0 Å². The van der Waals surface area contributed by atoms with Gasteiger partial charge in [-0.2, -0.15) is 5.26 Å². The van der Waals surface area contributed by atoms with Gasteiger partial charge in [0.1, 0.15) is 11.6 Å². The SMILES string of the molecule is COC(=O)CCN/C=C(/C#N)C(=O)Nc1ccc(Br)cc1. The first kappa shape index (κ1) is 16.7. The van der Waals surface area contributed by atoms with Crippen molar-refractivity contribution in [1.29, 1.82) is 5.26 Å². The van der Waals surface area contributed by atoms with E-state index < -0.39 is 5.91 Å². The first-order valence-electron chi connectivity index (χ1n) is 6.04. The Balaban J connectivity index is 2.54.